The Bertz CT molecular complexity index is 1040. The van der Waals surface area contributed by atoms with Crippen molar-refractivity contribution >= 4 is 40.9 Å². The molecule has 0 radical (unpaired) electrons. The fraction of sp³-hybridized carbons (Fsp3) is 0.421. The number of carboxylic acids is 1. The summed E-state index contributed by atoms with van der Waals surface area (Å²) in [5.74, 6) is -2.15. The average molecular weight is 425 g/mol. The number of carbonyl (C=O) groups excluding carboxylic acids is 1. The number of carbonyl (C=O) groups is 2. The summed E-state index contributed by atoms with van der Waals surface area (Å²) >= 11 is 0. The molecule has 1 aliphatic carbocycles. The summed E-state index contributed by atoms with van der Waals surface area (Å²) in [4.78, 5) is 37.2. The maximum Gasteiger partial charge on any atom is 0.341 e. The average Bonchev–Trinajstić information content (AvgIpc) is 3.40. The summed E-state index contributed by atoms with van der Waals surface area (Å²) in [6, 6.07) is 2.74. The lowest BCUT2D eigenvalue weighted by atomic mass is 10.1. The van der Waals surface area contributed by atoms with E-state index in [0.29, 0.717) is 30.7 Å². The van der Waals surface area contributed by atoms with Crippen LogP contribution in [-0.2, 0) is 4.79 Å². The molecule has 156 valence electrons. The number of fused-ring (bicyclic) bond motifs is 1. The van der Waals surface area contributed by atoms with Gasteiger partial charge < -0.3 is 25.6 Å². The number of halogens is 2. The monoisotopic (exact) mass is 424 g/mol. The van der Waals surface area contributed by atoms with Gasteiger partial charge in [-0.15, -0.1) is 12.4 Å². The SMILES string of the molecule is Cl.NCC(=O)NC1CCN(c2cc3c(cc2F)c(=O)c(C(=O)O)cn3C2CC2)C1. The zero-order chi connectivity index (χ0) is 20.0. The number of pyridine rings is 1. The molecule has 1 aliphatic heterocycles. The minimum atomic E-state index is -1.32. The van der Waals surface area contributed by atoms with Crippen molar-refractivity contribution in [2.75, 3.05) is 24.5 Å². The number of anilines is 1. The van der Waals surface area contributed by atoms with E-state index in [9.17, 15) is 23.9 Å². The summed E-state index contributed by atoms with van der Waals surface area (Å²) in [5, 5.41) is 12.2. The first-order valence-electron chi connectivity index (χ1n) is 9.25. The first-order chi connectivity index (χ1) is 13.4. The smallest absolute Gasteiger partial charge is 0.341 e. The lowest BCUT2D eigenvalue weighted by Crippen LogP contribution is -2.40. The highest BCUT2D eigenvalue weighted by atomic mass is 35.5. The van der Waals surface area contributed by atoms with Gasteiger partial charge in [0.25, 0.3) is 0 Å². The van der Waals surface area contributed by atoms with Gasteiger partial charge in [-0.2, -0.15) is 0 Å². The van der Waals surface area contributed by atoms with Gasteiger partial charge in [0, 0.05) is 36.8 Å². The zero-order valence-corrected chi connectivity index (χ0v) is 16.4. The molecule has 1 saturated heterocycles. The summed E-state index contributed by atoms with van der Waals surface area (Å²) < 4.78 is 16.6. The second-order valence-electron chi connectivity index (χ2n) is 7.34. The summed E-state index contributed by atoms with van der Waals surface area (Å²) in [7, 11) is 0. The molecule has 2 fully saturated rings. The third-order valence-electron chi connectivity index (χ3n) is 5.35. The van der Waals surface area contributed by atoms with E-state index in [0.717, 1.165) is 18.9 Å². The van der Waals surface area contributed by atoms with Crippen molar-refractivity contribution in [3.63, 3.8) is 0 Å². The van der Waals surface area contributed by atoms with Crippen LogP contribution in [0, 0.1) is 5.82 Å². The zero-order valence-electron chi connectivity index (χ0n) is 15.6. The standard InChI is InChI=1S/C19H21FN4O4.ClH/c20-14-5-12-15(24(11-1-2-11)9-13(18(12)26)19(27)28)6-16(14)23-4-3-10(8-23)22-17(25)7-21;/h5-6,9-11H,1-4,7-8,21H2,(H,22,25)(H,27,28);1H. The van der Waals surface area contributed by atoms with Crippen LogP contribution in [0.1, 0.15) is 35.7 Å². The minimum absolute atomic E-state index is 0. The second-order valence-corrected chi connectivity index (χ2v) is 7.34. The van der Waals surface area contributed by atoms with Crippen molar-refractivity contribution in [1.82, 2.24) is 9.88 Å². The largest absolute Gasteiger partial charge is 0.477 e. The van der Waals surface area contributed by atoms with Gasteiger partial charge in [-0.05, 0) is 31.4 Å². The number of nitrogens with one attached hydrogen (secondary N) is 1. The lowest BCUT2D eigenvalue weighted by Gasteiger charge is -2.21. The van der Waals surface area contributed by atoms with Crippen LogP contribution in [-0.4, -0.2) is 47.2 Å². The summed E-state index contributed by atoms with van der Waals surface area (Å²) in [5.41, 5.74) is 5.16. The fourth-order valence-electron chi connectivity index (χ4n) is 3.79. The van der Waals surface area contributed by atoms with Crippen LogP contribution in [0.2, 0.25) is 0 Å². The van der Waals surface area contributed by atoms with Gasteiger partial charge in [0.1, 0.15) is 11.4 Å². The van der Waals surface area contributed by atoms with Gasteiger partial charge in [-0.3, -0.25) is 9.59 Å². The van der Waals surface area contributed by atoms with E-state index < -0.39 is 17.2 Å². The number of aromatic nitrogens is 1. The third kappa shape index (κ3) is 3.92. The van der Waals surface area contributed by atoms with E-state index in [2.05, 4.69) is 5.32 Å². The molecular formula is C19H22ClFN4O4. The van der Waals surface area contributed by atoms with Crippen LogP contribution in [0.15, 0.2) is 23.1 Å². The molecule has 10 heteroatoms. The molecular weight excluding hydrogens is 403 g/mol. The van der Waals surface area contributed by atoms with Crippen LogP contribution >= 0.6 is 12.4 Å². The first-order valence-corrected chi connectivity index (χ1v) is 9.25. The van der Waals surface area contributed by atoms with E-state index in [-0.39, 0.29) is 47.9 Å². The molecule has 1 aromatic heterocycles. The molecule has 1 unspecified atom stereocenters. The summed E-state index contributed by atoms with van der Waals surface area (Å²) in [6.07, 6.45) is 3.80. The van der Waals surface area contributed by atoms with Gasteiger partial charge in [-0.25, -0.2) is 9.18 Å². The molecule has 2 aromatic rings. The molecule has 0 bridgehead atoms. The predicted molar refractivity (Wildman–Crippen MR) is 108 cm³/mol. The Hall–Kier alpha value is -2.65. The van der Waals surface area contributed by atoms with Crippen molar-refractivity contribution < 1.29 is 19.1 Å². The number of hydrogen-bond acceptors (Lipinski definition) is 5. The number of rotatable bonds is 5. The fourth-order valence-corrected chi connectivity index (χ4v) is 3.79. The molecule has 4 N–H and O–H groups in total. The highest BCUT2D eigenvalue weighted by Crippen LogP contribution is 2.38. The third-order valence-corrected chi connectivity index (χ3v) is 5.35. The van der Waals surface area contributed by atoms with Crippen molar-refractivity contribution in [2.45, 2.75) is 31.3 Å². The maximum absolute atomic E-state index is 14.8. The number of amides is 1. The van der Waals surface area contributed by atoms with E-state index in [1.165, 1.54) is 6.20 Å². The first kappa shape index (κ1) is 21.1. The van der Waals surface area contributed by atoms with Gasteiger partial charge >= 0.3 is 5.97 Å². The molecule has 2 heterocycles. The maximum atomic E-state index is 14.8. The highest BCUT2D eigenvalue weighted by Gasteiger charge is 2.29. The van der Waals surface area contributed by atoms with Gasteiger partial charge in [0.15, 0.2) is 0 Å². The van der Waals surface area contributed by atoms with E-state index >= 15 is 0 Å². The van der Waals surface area contributed by atoms with Crippen molar-refractivity contribution in [3.8, 4) is 0 Å². The van der Waals surface area contributed by atoms with Crippen molar-refractivity contribution in [1.29, 1.82) is 0 Å². The minimum Gasteiger partial charge on any atom is -0.477 e. The Balaban J connectivity index is 0.00000240. The number of hydrogen-bond donors (Lipinski definition) is 3. The summed E-state index contributed by atoms with van der Waals surface area (Å²) in [6.45, 7) is 0.897. The molecule has 1 aromatic carbocycles. The van der Waals surface area contributed by atoms with Crippen LogP contribution < -0.4 is 21.4 Å². The quantitative estimate of drug-likeness (QED) is 0.665. The van der Waals surface area contributed by atoms with Gasteiger partial charge in [0.05, 0.1) is 17.7 Å². The van der Waals surface area contributed by atoms with E-state index in [1.807, 2.05) is 4.90 Å². The number of benzene rings is 1. The molecule has 29 heavy (non-hydrogen) atoms. The highest BCUT2D eigenvalue weighted by molar-refractivity contribution is 5.93. The molecule has 4 rings (SSSR count). The molecule has 1 atom stereocenters. The number of nitrogens with two attached hydrogens (primary N) is 1. The van der Waals surface area contributed by atoms with Crippen LogP contribution in [0.25, 0.3) is 10.9 Å². The Labute approximate surface area is 171 Å². The number of nitrogens with zero attached hydrogens (tertiary/aromatic N) is 2. The Kier molecular flexibility index (Phi) is 5.81. The number of carboxylic acid groups (broad SMARTS) is 1. The Morgan fingerprint density at radius 2 is 2.00 bits per heavy atom. The van der Waals surface area contributed by atoms with Gasteiger partial charge in [-0.1, -0.05) is 0 Å². The molecule has 0 spiro atoms. The molecule has 8 nitrogen and oxygen atoms in total. The Morgan fingerprint density at radius 1 is 1.28 bits per heavy atom. The Morgan fingerprint density at radius 3 is 2.62 bits per heavy atom. The lowest BCUT2D eigenvalue weighted by molar-refractivity contribution is -0.120. The van der Waals surface area contributed by atoms with Gasteiger partial charge in [0.2, 0.25) is 11.3 Å². The van der Waals surface area contributed by atoms with Crippen molar-refractivity contribution in [2.24, 2.45) is 5.73 Å². The molecule has 2 aliphatic rings. The van der Waals surface area contributed by atoms with Crippen LogP contribution in [0.4, 0.5) is 10.1 Å². The van der Waals surface area contributed by atoms with Crippen molar-refractivity contribution in [3.05, 3.63) is 39.9 Å². The normalized spacial score (nSPS) is 18.6. The topological polar surface area (TPSA) is 118 Å². The second kappa shape index (κ2) is 8.00. The molecule has 1 amide bonds. The van der Waals surface area contributed by atoms with Crippen LogP contribution in [0.5, 0.6) is 0 Å². The molecule has 1 saturated carbocycles. The number of aromatic carboxylic acids is 1. The van der Waals surface area contributed by atoms with E-state index in [1.54, 1.807) is 10.6 Å². The van der Waals surface area contributed by atoms with Crippen LogP contribution in [0.3, 0.4) is 0 Å². The predicted octanol–water partition coefficient (Wildman–Crippen LogP) is 1.25. The van der Waals surface area contributed by atoms with E-state index in [4.69, 9.17) is 5.73 Å².